The molecule has 0 saturated carbocycles. The Kier molecular flexibility index (Phi) is 3.90. The number of hydrogen-bond donors (Lipinski definition) is 2. The summed E-state index contributed by atoms with van der Waals surface area (Å²) in [5, 5.41) is 14.8. The van der Waals surface area contributed by atoms with Crippen molar-refractivity contribution in [3.05, 3.63) is 5.01 Å². The fraction of sp³-hybridized carbons (Fsp3) is 0.700. The van der Waals surface area contributed by atoms with E-state index in [0.29, 0.717) is 11.7 Å². The molecular weight excluding hydrogens is 240 g/mol. The van der Waals surface area contributed by atoms with Gasteiger partial charge in [0.2, 0.25) is 5.13 Å². The van der Waals surface area contributed by atoms with Crippen molar-refractivity contribution in [3.63, 3.8) is 0 Å². The Labute approximate surface area is 104 Å². The summed E-state index contributed by atoms with van der Waals surface area (Å²) in [5.41, 5.74) is 0. The zero-order valence-electron chi connectivity index (χ0n) is 9.90. The Morgan fingerprint density at radius 2 is 2.41 bits per heavy atom. The predicted molar refractivity (Wildman–Crippen MR) is 65.3 cm³/mol. The number of carbonyl (C=O) groups excluding carboxylic acids is 1. The number of aryl methyl sites for hydroxylation is 1. The summed E-state index contributed by atoms with van der Waals surface area (Å²) in [6.45, 7) is 4.66. The number of hydrogen-bond acceptors (Lipinski definition) is 5. The van der Waals surface area contributed by atoms with Crippen LogP contribution < -0.4 is 10.6 Å². The summed E-state index contributed by atoms with van der Waals surface area (Å²) < 4.78 is 5.37. The summed E-state index contributed by atoms with van der Waals surface area (Å²) >= 11 is 1.39. The highest BCUT2D eigenvalue weighted by Crippen LogP contribution is 2.16. The molecule has 1 aromatic heterocycles. The van der Waals surface area contributed by atoms with Crippen LogP contribution in [0, 0.1) is 0 Å². The second-order valence-electron chi connectivity index (χ2n) is 3.92. The molecule has 1 aliphatic rings. The monoisotopic (exact) mass is 256 g/mol. The number of amides is 2. The van der Waals surface area contributed by atoms with Crippen molar-refractivity contribution in [3.8, 4) is 0 Å². The number of rotatable bonds is 3. The second kappa shape index (κ2) is 5.42. The van der Waals surface area contributed by atoms with Crippen molar-refractivity contribution >= 4 is 22.5 Å². The van der Waals surface area contributed by atoms with Gasteiger partial charge in [-0.15, -0.1) is 10.2 Å². The molecule has 0 bridgehead atoms. The van der Waals surface area contributed by atoms with Gasteiger partial charge in [-0.25, -0.2) is 4.79 Å². The van der Waals surface area contributed by atoms with E-state index < -0.39 is 0 Å². The number of aromatic nitrogens is 2. The lowest BCUT2D eigenvalue weighted by molar-refractivity contribution is 0.114. The van der Waals surface area contributed by atoms with Gasteiger partial charge in [0, 0.05) is 6.61 Å². The van der Waals surface area contributed by atoms with E-state index in [9.17, 15) is 4.79 Å². The first-order valence-electron chi connectivity index (χ1n) is 5.70. The fourth-order valence-corrected chi connectivity index (χ4v) is 2.34. The lowest BCUT2D eigenvalue weighted by Gasteiger charge is -2.15. The van der Waals surface area contributed by atoms with Crippen LogP contribution in [0.5, 0.6) is 0 Å². The number of anilines is 1. The van der Waals surface area contributed by atoms with Crippen molar-refractivity contribution < 1.29 is 9.53 Å². The number of nitrogens with one attached hydrogen (secondary N) is 2. The molecule has 2 heterocycles. The normalized spacial score (nSPS) is 23.6. The zero-order chi connectivity index (χ0) is 12.3. The van der Waals surface area contributed by atoms with Gasteiger partial charge >= 0.3 is 6.03 Å². The average molecular weight is 256 g/mol. The van der Waals surface area contributed by atoms with Gasteiger partial charge in [-0.2, -0.15) is 0 Å². The van der Waals surface area contributed by atoms with E-state index in [2.05, 4.69) is 20.8 Å². The number of nitrogens with zero attached hydrogens (tertiary/aromatic N) is 2. The van der Waals surface area contributed by atoms with E-state index in [1.54, 1.807) is 0 Å². The van der Waals surface area contributed by atoms with Crippen molar-refractivity contribution in [2.75, 3.05) is 11.9 Å². The summed E-state index contributed by atoms with van der Waals surface area (Å²) in [5.74, 6) is 0. The van der Waals surface area contributed by atoms with E-state index in [1.165, 1.54) is 11.3 Å². The smallest absolute Gasteiger partial charge is 0.321 e. The summed E-state index contributed by atoms with van der Waals surface area (Å²) in [6, 6.07) is -0.167. The Hall–Kier alpha value is -1.21. The van der Waals surface area contributed by atoms with Crippen LogP contribution in [0.1, 0.15) is 25.3 Å². The minimum Gasteiger partial charge on any atom is -0.376 e. The second-order valence-corrected chi connectivity index (χ2v) is 4.99. The Bertz CT molecular complexity index is 395. The van der Waals surface area contributed by atoms with E-state index >= 15 is 0 Å². The molecule has 17 heavy (non-hydrogen) atoms. The van der Waals surface area contributed by atoms with Crippen molar-refractivity contribution in [1.82, 2.24) is 15.5 Å². The molecule has 1 fully saturated rings. The number of ether oxygens (including phenoxy) is 1. The third-order valence-corrected chi connectivity index (χ3v) is 3.67. The molecule has 2 amide bonds. The standard InChI is InChI=1S/C10H16N4O2S/c1-3-8-13-14-10(17-8)12-9(15)11-7-4-5-16-6(7)2/h6-7H,3-5H2,1-2H3,(H2,11,12,14,15). The van der Waals surface area contributed by atoms with Gasteiger partial charge in [0.15, 0.2) is 0 Å². The molecule has 0 aliphatic carbocycles. The third-order valence-electron chi connectivity index (χ3n) is 2.68. The molecule has 1 saturated heterocycles. The Morgan fingerprint density at radius 3 is 3.00 bits per heavy atom. The van der Waals surface area contributed by atoms with Crippen LogP contribution in [0.2, 0.25) is 0 Å². The van der Waals surface area contributed by atoms with E-state index in [0.717, 1.165) is 17.8 Å². The van der Waals surface area contributed by atoms with E-state index in [1.807, 2.05) is 13.8 Å². The molecule has 94 valence electrons. The molecule has 2 N–H and O–H groups in total. The highest BCUT2D eigenvalue weighted by molar-refractivity contribution is 7.15. The van der Waals surface area contributed by atoms with Gasteiger partial charge in [-0.05, 0) is 19.8 Å². The minimum absolute atomic E-state index is 0.0707. The average Bonchev–Trinajstić information content (AvgIpc) is 2.89. The fourth-order valence-electron chi connectivity index (χ4n) is 1.67. The molecule has 1 aromatic rings. The molecular formula is C10H16N4O2S. The SMILES string of the molecule is CCc1nnc(NC(=O)NC2CCOC2C)s1. The summed E-state index contributed by atoms with van der Waals surface area (Å²) in [6.07, 6.45) is 1.75. The predicted octanol–water partition coefficient (Wildman–Crippen LogP) is 1.40. The zero-order valence-corrected chi connectivity index (χ0v) is 10.7. The largest absolute Gasteiger partial charge is 0.376 e. The van der Waals surface area contributed by atoms with Crippen molar-refractivity contribution in [1.29, 1.82) is 0 Å². The van der Waals surface area contributed by atoms with Crippen molar-refractivity contribution in [2.45, 2.75) is 38.8 Å². The van der Waals surface area contributed by atoms with Gasteiger partial charge in [-0.1, -0.05) is 18.3 Å². The van der Waals surface area contributed by atoms with Crippen LogP contribution in [0.3, 0.4) is 0 Å². The Balaban J connectivity index is 1.84. The van der Waals surface area contributed by atoms with Crippen molar-refractivity contribution in [2.24, 2.45) is 0 Å². The number of carbonyl (C=O) groups is 1. The molecule has 2 rings (SSSR count). The lowest BCUT2D eigenvalue weighted by atomic mass is 10.2. The quantitative estimate of drug-likeness (QED) is 0.857. The molecule has 0 aromatic carbocycles. The maximum absolute atomic E-state index is 11.7. The molecule has 0 spiro atoms. The summed E-state index contributed by atoms with van der Waals surface area (Å²) in [4.78, 5) is 11.7. The van der Waals surface area contributed by atoms with Crippen LogP contribution >= 0.6 is 11.3 Å². The Morgan fingerprint density at radius 1 is 1.59 bits per heavy atom. The molecule has 0 radical (unpaired) electrons. The van der Waals surface area contributed by atoms with Crippen LogP contribution in [0.25, 0.3) is 0 Å². The third kappa shape index (κ3) is 3.13. The van der Waals surface area contributed by atoms with Gasteiger partial charge in [0.25, 0.3) is 0 Å². The maximum atomic E-state index is 11.7. The summed E-state index contributed by atoms with van der Waals surface area (Å²) in [7, 11) is 0. The van der Waals surface area contributed by atoms with E-state index in [-0.39, 0.29) is 18.2 Å². The first kappa shape index (κ1) is 12.3. The number of urea groups is 1. The molecule has 2 atom stereocenters. The first-order valence-corrected chi connectivity index (χ1v) is 6.52. The molecule has 6 nitrogen and oxygen atoms in total. The minimum atomic E-state index is -0.244. The lowest BCUT2D eigenvalue weighted by Crippen LogP contribution is -2.41. The van der Waals surface area contributed by atoms with Gasteiger partial charge in [0.05, 0.1) is 12.1 Å². The molecule has 2 unspecified atom stereocenters. The van der Waals surface area contributed by atoms with Crippen LogP contribution in [0.4, 0.5) is 9.93 Å². The van der Waals surface area contributed by atoms with Crippen LogP contribution in [-0.4, -0.2) is 35.0 Å². The molecule has 7 heteroatoms. The van der Waals surface area contributed by atoms with Gasteiger partial charge in [-0.3, -0.25) is 5.32 Å². The highest BCUT2D eigenvalue weighted by Gasteiger charge is 2.25. The topological polar surface area (TPSA) is 76.1 Å². The highest BCUT2D eigenvalue weighted by atomic mass is 32.1. The van der Waals surface area contributed by atoms with Crippen LogP contribution in [0.15, 0.2) is 0 Å². The first-order chi connectivity index (χ1) is 8.19. The maximum Gasteiger partial charge on any atom is 0.321 e. The van der Waals surface area contributed by atoms with Crippen LogP contribution in [-0.2, 0) is 11.2 Å². The van der Waals surface area contributed by atoms with Gasteiger partial charge in [0.1, 0.15) is 5.01 Å². The molecule has 1 aliphatic heterocycles. The van der Waals surface area contributed by atoms with Gasteiger partial charge < -0.3 is 10.1 Å². The van der Waals surface area contributed by atoms with E-state index in [4.69, 9.17) is 4.74 Å².